The van der Waals surface area contributed by atoms with E-state index < -0.39 is 5.60 Å². The van der Waals surface area contributed by atoms with Crippen molar-refractivity contribution < 1.29 is 14.7 Å². The third kappa shape index (κ3) is 3.62. The van der Waals surface area contributed by atoms with Gasteiger partial charge in [0.1, 0.15) is 0 Å². The van der Waals surface area contributed by atoms with E-state index in [1.54, 1.807) is 0 Å². The lowest BCUT2D eigenvalue weighted by atomic mass is 9.75. The smallest absolute Gasteiger partial charge is 0.229 e. The van der Waals surface area contributed by atoms with Gasteiger partial charge < -0.3 is 14.9 Å². The summed E-state index contributed by atoms with van der Waals surface area (Å²) in [5, 5.41) is 10.2. The van der Waals surface area contributed by atoms with E-state index in [9.17, 15) is 14.7 Å². The monoisotopic (exact) mass is 370 g/mol. The first-order valence-electron chi connectivity index (χ1n) is 10.2. The van der Waals surface area contributed by atoms with Crippen molar-refractivity contribution in [3.63, 3.8) is 0 Å². The average Bonchev–Trinajstić information content (AvgIpc) is 2.91. The van der Waals surface area contributed by atoms with Crippen molar-refractivity contribution in [2.75, 3.05) is 19.6 Å². The third-order valence-electron chi connectivity index (χ3n) is 6.89. The molecule has 1 spiro atoms. The molecule has 1 aromatic carbocycles. The quantitative estimate of drug-likeness (QED) is 0.886. The zero-order valence-corrected chi connectivity index (χ0v) is 16.2. The molecule has 2 saturated heterocycles. The molecule has 2 amide bonds. The molecule has 27 heavy (non-hydrogen) atoms. The highest BCUT2D eigenvalue weighted by Gasteiger charge is 2.49. The van der Waals surface area contributed by atoms with Crippen molar-refractivity contribution in [2.45, 2.75) is 64.0 Å². The Labute approximate surface area is 161 Å². The fraction of sp³-hybridized carbons (Fsp3) is 0.636. The number of nitrogens with zero attached hydrogens (tertiary/aromatic N) is 2. The molecule has 4 rings (SSSR count). The van der Waals surface area contributed by atoms with Crippen LogP contribution < -0.4 is 0 Å². The predicted molar refractivity (Wildman–Crippen MR) is 103 cm³/mol. The first-order valence-corrected chi connectivity index (χ1v) is 10.2. The van der Waals surface area contributed by atoms with Crippen LogP contribution in [0.4, 0.5) is 0 Å². The van der Waals surface area contributed by atoms with Gasteiger partial charge in [0.15, 0.2) is 0 Å². The number of rotatable bonds is 4. The molecule has 5 nitrogen and oxygen atoms in total. The maximum Gasteiger partial charge on any atom is 0.229 e. The Morgan fingerprint density at radius 2 is 1.81 bits per heavy atom. The number of benzene rings is 1. The summed E-state index contributed by atoms with van der Waals surface area (Å²) in [6.07, 6.45) is 5.13. The number of aliphatic hydroxyl groups is 1. The molecule has 1 saturated carbocycles. The van der Waals surface area contributed by atoms with Gasteiger partial charge in [-0.15, -0.1) is 0 Å². The van der Waals surface area contributed by atoms with Crippen molar-refractivity contribution >= 4 is 11.8 Å². The molecule has 3 aliphatic rings. The minimum Gasteiger partial charge on any atom is -0.389 e. The van der Waals surface area contributed by atoms with Gasteiger partial charge in [0.05, 0.1) is 17.4 Å². The van der Waals surface area contributed by atoms with Crippen LogP contribution in [0.1, 0.15) is 56.1 Å². The second kappa shape index (κ2) is 6.93. The zero-order chi connectivity index (χ0) is 19.1. The maximum absolute atomic E-state index is 13.1. The average molecular weight is 370 g/mol. The highest BCUT2D eigenvalue weighted by molar-refractivity contribution is 5.85. The Balaban J connectivity index is 1.34. The van der Waals surface area contributed by atoms with E-state index in [2.05, 4.69) is 25.1 Å². The molecule has 1 aromatic rings. The predicted octanol–water partition coefficient (Wildman–Crippen LogP) is 2.64. The summed E-state index contributed by atoms with van der Waals surface area (Å²) >= 11 is 0. The molecule has 1 aliphatic carbocycles. The van der Waals surface area contributed by atoms with E-state index in [0.29, 0.717) is 19.6 Å². The first-order chi connectivity index (χ1) is 12.9. The fourth-order valence-electron chi connectivity index (χ4n) is 4.88. The minimum absolute atomic E-state index is 0.0501. The van der Waals surface area contributed by atoms with Crippen molar-refractivity contribution in [1.82, 2.24) is 9.80 Å². The Hall–Kier alpha value is -1.88. The molecular formula is C22H30N2O3. The summed E-state index contributed by atoms with van der Waals surface area (Å²) in [7, 11) is 0. The van der Waals surface area contributed by atoms with Crippen LogP contribution in [0.25, 0.3) is 0 Å². The molecule has 0 radical (unpaired) electrons. The molecule has 1 N–H and O–H groups in total. The van der Waals surface area contributed by atoms with E-state index in [-0.39, 0.29) is 23.7 Å². The van der Waals surface area contributed by atoms with E-state index in [1.165, 1.54) is 11.1 Å². The molecule has 3 fully saturated rings. The van der Waals surface area contributed by atoms with Crippen LogP contribution in [-0.2, 0) is 16.1 Å². The van der Waals surface area contributed by atoms with Crippen LogP contribution in [0.3, 0.4) is 0 Å². The highest BCUT2D eigenvalue weighted by atomic mass is 16.3. The summed E-state index contributed by atoms with van der Waals surface area (Å²) in [5.74, 6) is 0.308. The van der Waals surface area contributed by atoms with Crippen molar-refractivity contribution in [1.29, 1.82) is 0 Å². The van der Waals surface area contributed by atoms with Gasteiger partial charge in [0.2, 0.25) is 11.8 Å². The largest absolute Gasteiger partial charge is 0.389 e. The highest BCUT2D eigenvalue weighted by Crippen LogP contribution is 2.43. The number of hydrogen-bond donors (Lipinski definition) is 1. The molecule has 0 aromatic heterocycles. The summed E-state index contributed by atoms with van der Waals surface area (Å²) < 4.78 is 0. The van der Waals surface area contributed by atoms with Crippen LogP contribution in [0, 0.1) is 12.3 Å². The van der Waals surface area contributed by atoms with E-state index in [1.807, 2.05) is 15.9 Å². The number of amides is 2. The van der Waals surface area contributed by atoms with Crippen LogP contribution in [-0.4, -0.2) is 52.0 Å². The molecule has 5 heteroatoms. The van der Waals surface area contributed by atoms with Gasteiger partial charge in [-0.05, 0) is 51.0 Å². The van der Waals surface area contributed by atoms with E-state index in [4.69, 9.17) is 0 Å². The lowest BCUT2D eigenvalue weighted by Gasteiger charge is -2.41. The van der Waals surface area contributed by atoms with Crippen LogP contribution >= 0.6 is 0 Å². The number of aryl methyl sites for hydroxylation is 1. The van der Waals surface area contributed by atoms with Gasteiger partial charge in [-0.25, -0.2) is 0 Å². The second-order valence-electron chi connectivity index (χ2n) is 8.88. The van der Waals surface area contributed by atoms with Gasteiger partial charge in [-0.3, -0.25) is 9.59 Å². The van der Waals surface area contributed by atoms with E-state index >= 15 is 0 Å². The van der Waals surface area contributed by atoms with Crippen molar-refractivity contribution in [3.8, 4) is 0 Å². The third-order valence-corrected chi connectivity index (χ3v) is 6.89. The number of piperidine rings is 1. The van der Waals surface area contributed by atoms with E-state index in [0.717, 1.165) is 45.1 Å². The zero-order valence-electron chi connectivity index (χ0n) is 16.2. The topological polar surface area (TPSA) is 60.9 Å². The maximum atomic E-state index is 13.1. The summed E-state index contributed by atoms with van der Waals surface area (Å²) in [4.78, 5) is 29.5. The summed E-state index contributed by atoms with van der Waals surface area (Å²) in [6, 6.07) is 8.34. The minimum atomic E-state index is -0.764. The molecule has 2 heterocycles. The number of likely N-dealkylation sites (tertiary alicyclic amines) is 2. The normalized spacial score (nSPS) is 23.6. The molecule has 0 atom stereocenters. The van der Waals surface area contributed by atoms with Gasteiger partial charge in [-0.2, -0.15) is 0 Å². The van der Waals surface area contributed by atoms with Crippen LogP contribution in [0.15, 0.2) is 24.3 Å². The summed E-state index contributed by atoms with van der Waals surface area (Å²) in [6.45, 7) is 4.83. The Morgan fingerprint density at radius 1 is 1.11 bits per heavy atom. The fourth-order valence-corrected chi connectivity index (χ4v) is 4.88. The Kier molecular flexibility index (Phi) is 4.75. The number of carbonyl (C=O) groups is 2. The molecule has 0 unspecified atom stereocenters. The second-order valence-corrected chi connectivity index (χ2v) is 8.88. The molecular weight excluding hydrogens is 340 g/mol. The van der Waals surface area contributed by atoms with Gasteiger partial charge in [0, 0.05) is 26.2 Å². The lowest BCUT2D eigenvalue weighted by molar-refractivity contribution is -0.147. The number of hydrogen-bond acceptors (Lipinski definition) is 3. The van der Waals surface area contributed by atoms with Gasteiger partial charge in [0.25, 0.3) is 0 Å². The Bertz CT molecular complexity index is 733. The summed E-state index contributed by atoms with van der Waals surface area (Å²) in [5.41, 5.74) is 1.35. The standard InChI is InChI=1S/C22H30N2O3/c1-17-4-2-5-18(14-17)16-24-13-10-21(20(24)26)8-11-23(12-9-21)19(25)15-22(27)6-3-7-22/h2,4-5,14,27H,3,6-13,15-16H2,1H3. The first kappa shape index (κ1) is 18.5. The number of carbonyl (C=O) groups excluding carboxylic acids is 2. The van der Waals surface area contributed by atoms with Crippen LogP contribution in [0.2, 0.25) is 0 Å². The SMILES string of the molecule is Cc1cccc(CN2CCC3(CCN(C(=O)CC4(O)CCC4)CC3)C2=O)c1. The molecule has 2 aliphatic heterocycles. The van der Waals surface area contributed by atoms with Gasteiger partial charge >= 0.3 is 0 Å². The van der Waals surface area contributed by atoms with Gasteiger partial charge in [-0.1, -0.05) is 29.8 Å². The molecule has 146 valence electrons. The van der Waals surface area contributed by atoms with Crippen molar-refractivity contribution in [2.24, 2.45) is 5.41 Å². The van der Waals surface area contributed by atoms with Crippen molar-refractivity contribution in [3.05, 3.63) is 35.4 Å². The van der Waals surface area contributed by atoms with Crippen LogP contribution in [0.5, 0.6) is 0 Å². The Morgan fingerprint density at radius 3 is 2.44 bits per heavy atom. The molecule has 0 bridgehead atoms. The lowest BCUT2D eigenvalue weighted by Crippen LogP contribution is -2.49.